The molecule has 0 aromatic carbocycles. The number of rotatable bonds is 1. The lowest BCUT2D eigenvalue weighted by atomic mass is 9.87. The molecule has 1 saturated carbocycles. The van der Waals surface area contributed by atoms with Crippen molar-refractivity contribution in [3.05, 3.63) is 0 Å². The molecular formula is C7H11F3O. The van der Waals surface area contributed by atoms with Crippen LogP contribution in [0.4, 0.5) is 13.2 Å². The average molecular weight is 168 g/mol. The summed E-state index contributed by atoms with van der Waals surface area (Å²) in [7, 11) is 0. The lowest BCUT2D eigenvalue weighted by molar-refractivity contribution is -0.233. The highest BCUT2D eigenvalue weighted by Gasteiger charge is 2.55. The van der Waals surface area contributed by atoms with Crippen molar-refractivity contribution >= 4 is 0 Å². The van der Waals surface area contributed by atoms with Crippen molar-refractivity contribution in [1.29, 1.82) is 0 Å². The van der Waals surface area contributed by atoms with Gasteiger partial charge in [0.05, 0.1) is 12.0 Å². The van der Waals surface area contributed by atoms with Crippen LogP contribution >= 0.6 is 0 Å². The Morgan fingerprint density at radius 1 is 1.18 bits per heavy atom. The largest absolute Gasteiger partial charge is 0.396 e. The first-order chi connectivity index (χ1) is 5.02. The van der Waals surface area contributed by atoms with Crippen molar-refractivity contribution in [2.24, 2.45) is 5.41 Å². The molecule has 66 valence electrons. The fraction of sp³-hybridized carbons (Fsp3) is 1.00. The summed E-state index contributed by atoms with van der Waals surface area (Å²) in [6.07, 6.45) is -2.88. The first kappa shape index (κ1) is 8.84. The summed E-state index contributed by atoms with van der Waals surface area (Å²) in [6, 6.07) is 0. The molecule has 0 spiro atoms. The first-order valence-electron chi connectivity index (χ1n) is 3.69. The Kier molecular flexibility index (Phi) is 2.14. The van der Waals surface area contributed by atoms with Gasteiger partial charge in [-0.25, -0.2) is 0 Å². The number of aliphatic hydroxyl groups excluding tert-OH is 1. The first-order valence-corrected chi connectivity index (χ1v) is 3.69. The minimum absolute atomic E-state index is 0.0903. The monoisotopic (exact) mass is 168 g/mol. The van der Waals surface area contributed by atoms with Crippen molar-refractivity contribution in [3.8, 4) is 0 Å². The molecule has 1 nitrogen and oxygen atoms in total. The lowest BCUT2D eigenvalue weighted by Crippen LogP contribution is -2.38. The topological polar surface area (TPSA) is 20.2 Å². The molecule has 0 unspecified atom stereocenters. The summed E-state index contributed by atoms with van der Waals surface area (Å²) in [5, 5.41) is 8.63. The van der Waals surface area contributed by atoms with Gasteiger partial charge in [0.1, 0.15) is 0 Å². The van der Waals surface area contributed by atoms with E-state index >= 15 is 0 Å². The predicted octanol–water partition coefficient (Wildman–Crippen LogP) is 2.10. The van der Waals surface area contributed by atoms with E-state index in [-0.39, 0.29) is 12.8 Å². The molecule has 0 amide bonds. The van der Waals surface area contributed by atoms with Crippen LogP contribution in [-0.4, -0.2) is 17.9 Å². The van der Waals surface area contributed by atoms with Gasteiger partial charge in [-0.3, -0.25) is 0 Å². The second-order valence-electron chi connectivity index (χ2n) is 3.14. The predicted molar refractivity (Wildman–Crippen MR) is 34.0 cm³/mol. The number of alkyl halides is 3. The third-order valence-corrected chi connectivity index (χ3v) is 2.46. The Labute approximate surface area is 63.2 Å². The van der Waals surface area contributed by atoms with Crippen LogP contribution in [0.5, 0.6) is 0 Å². The number of aliphatic hydroxyl groups is 1. The third-order valence-electron chi connectivity index (χ3n) is 2.46. The Morgan fingerprint density at radius 2 is 1.64 bits per heavy atom. The SMILES string of the molecule is OCC1(C(F)(F)F)CCCC1. The second-order valence-corrected chi connectivity index (χ2v) is 3.14. The van der Waals surface area contributed by atoms with E-state index in [1.165, 1.54) is 0 Å². The molecule has 0 saturated heterocycles. The van der Waals surface area contributed by atoms with Crippen molar-refractivity contribution in [3.63, 3.8) is 0 Å². The Bertz CT molecular complexity index is 135. The minimum atomic E-state index is -4.22. The highest BCUT2D eigenvalue weighted by molar-refractivity contribution is 4.90. The maximum atomic E-state index is 12.3. The fourth-order valence-electron chi connectivity index (χ4n) is 1.58. The highest BCUT2D eigenvalue weighted by atomic mass is 19.4. The van der Waals surface area contributed by atoms with Crippen LogP contribution in [0.2, 0.25) is 0 Å². The van der Waals surface area contributed by atoms with Gasteiger partial charge in [0.25, 0.3) is 0 Å². The average Bonchev–Trinajstić information content (AvgIpc) is 2.33. The van der Waals surface area contributed by atoms with Gasteiger partial charge in [-0.05, 0) is 12.8 Å². The Balaban J connectivity index is 2.75. The summed E-state index contributed by atoms with van der Waals surface area (Å²) in [6.45, 7) is -0.753. The molecule has 4 heteroatoms. The van der Waals surface area contributed by atoms with Crippen LogP contribution in [0, 0.1) is 5.41 Å². The normalized spacial score (nSPS) is 24.0. The second kappa shape index (κ2) is 2.66. The maximum absolute atomic E-state index is 12.3. The summed E-state index contributed by atoms with van der Waals surface area (Å²) in [4.78, 5) is 0. The molecule has 1 aliphatic rings. The van der Waals surface area contributed by atoms with Gasteiger partial charge in [-0.15, -0.1) is 0 Å². The van der Waals surface area contributed by atoms with E-state index in [0.717, 1.165) is 0 Å². The molecule has 1 aliphatic carbocycles. The highest BCUT2D eigenvalue weighted by Crippen LogP contribution is 2.49. The van der Waals surface area contributed by atoms with E-state index in [4.69, 9.17) is 5.11 Å². The number of halogens is 3. The molecular weight excluding hydrogens is 157 g/mol. The molecule has 0 aliphatic heterocycles. The van der Waals surface area contributed by atoms with Gasteiger partial charge in [0, 0.05) is 0 Å². The molecule has 1 N–H and O–H groups in total. The molecule has 0 aromatic heterocycles. The molecule has 1 fully saturated rings. The summed E-state index contributed by atoms with van der Waals surface area (Å²) >= 11 is 0. The maximum Gasteiger partial charge on any atom is 0.396 e. The summed E-state index contributed by atoms with van der Waals surface area (Å²) in [5.74, 6) is 0. The van der Waals surface area contributed by atoms with Crippen LogP contribution < -0.4 is 0 Å². The van der Waals surface area contributed by atoms with Crippen molar-refractivity contribution in [2.75, 3.05) is 6.61 Å². The zero-order chi connectivity index (χ0) is 8.54. The quantitative estimate of drug-likeness (QED) is 0.635. The molecule has 0 radical (unpaired) electrons. The van der Waals surface area contributed by atoms with Gasteiger partial charge in [0.15, 0.2) is 0 Å². The van der Waals surface area contributed by atoms with Gasteiger partial charge < -0.3 is 5.11 Å². The number of hydrogen-bond acceptors (Lipinski definition) is 1. The summed E-state index contributed by atoms with van der Waals surface area (Å²) < 4.78 is 36.8. The van der Waals surface area contributed by atoms with Gasteiger partial charge in [-0.1, -0.05) is 12.8 Å². The molecule has 1 rings (SSSR count). The summed E-state index contributed by atoms with van der Waals surface area (Å²) in [5.41, 5.74) is -1.77. The van der Waals surface area contributed by atoms with Crippen LogP contribution in [0.1, 0.15) is 25.7 Å². The van der Waals surface area contributed by atoms with Gasteiger partial charge >= 0.3 is 6.18 Å². The zero-order valence-electron chi connectivity index (χ0n) is 6.12. The molecule has 0 aromatic rings. The van der Waals surface area contributed by atoms with E-state index in [1.807, 2.05) is 0 Å². The molecule has 11 heavy (non-hydrogen) atoms. The van der Waals surface area contributed by atoms with Crippen LogP contribution in [-0.2, 0) is 0 Å². The smallest absolute Gasteiger partial charge is 0.395 e. The van der Waals surface area contributed by atoms with Crippen LogP contribution in [0.3, 0.4) is 0 Å². The van der Waals surface area contributed by atoms with Gasteiger partial charge in [0.2, 0.25) is 0 Å². The minimum Gasteiger partial charge on any atom is -0.395 e. The molecule has 0 bridgehead atoms. The van der Waals surface area contributed by atoms with Crippen LogP contribution in [0.15, 0.2) is 0 Å². The third kappa shape index (κ3) is 1.36. The van der Waals surface area contributed by atoms with E-state index in [1.54, 1.807) is 0 Å². The molecule has 0 heterocycles. The fourth-order valence-corrected chi connectivity index (χ4v) is 1.58. The van der Waals surface area contributed by atoms with E-state index < -0.39 is 18.2 Å². The zero-order valence-corrected chi connectivity index (χ0v) is 6.12. The standard InChI is InChI=1S/C7H11F3O/c8-7(9,10)6(5-11)3-1-2-4-6/h11H,1-5H2. The van der Waals surface area contributed by atoms with E-state index in [0.29, 0.717) is 12.8 Å². The Hall–Kier alpha value is -0.250. The van der Waals surface area contributed by atoms with E-state index in [2.05, 4.69) is 0 Å². The number of hydrogen-bond donors (Lipinski definition) is 1. The van der Waals surface area contributed by atoms with Crippen molar-refractivity contribution < 1.29 is 18.3 Å². The van der Waals surface area contributed by atoms with Crippen molar-refractivity contribution in [1.82, 2.24) is 0 Å². The van der Waals surface area contributed by atoms with Crippen LogP contribution in [0.25, 0.3) is 0 Å². The van der Waals surface area contributed by atoms with Crippen molar-refractivity contribution in [2.45, 2.75) is 31.9 Å². The van der Waals surface area contributed by atoms with E-state index in [9.17, 15) is 13.2 Å². The van der Waals surface area contributed by atoms with Gasteiger partial charge in [-0.2, -0.15) is 13.2 Å². The lowest BCUT2D eigenvalue weighted by Gasteiger charge is -2.28. The Morgan fingerprint density at radius 3 is 1.82 bits per heavy atom. The molecule has 0 atom stereocenters.